The highest BCUT2D eigenvalue weighted by Crippen LogP contribution is 2.31. The predicted octanol–water partition coefficient (Wildman–Crippen LogP) is 1.99. The van der Waals surface area contributed by atoms with Crippen LogP contribution in [0.3, 0.4) is 0 Å². The molecule has 0 aromatic carbocycles. The van der Waals surface area contributed by atoms with E-state index in [1.54, 1.807) is 0 Å². The van der Waals surface area contributed by atoms with E-state index in [0.717, 1.165) is 19.3 Å². The van der Waals surface area contributed by atoms with Gasteiger partial charge in [-0.2, -0.15) is 0 Å². The topological polar surface area (TPSA) is 20.2 Å². The number of aliphatic hydroxyl groups is 1. The zero-order valence-electron chi connectivity index (χ0n) is 5.76. The van der Waals surface area contributed by atoms with Crippen LogP contribution in [-0.4, -0.2) is 22.5 Å². The number of halogens is 2. The molecule has 2 unspecified atom stereocenters. The maximum atomic E-state index is 8.86. The van der Waals surface area contributed by atoms with Crippen molar-refractivity contribution in [1.82, 2.24) is 0 Å². The van der Waals surface area contributed by atoms with Gasteiger partial charge in [0.2, 0.25) is 0 Å². The van der Waals surface area contributed by atoms with Gasteiger partial charge in [0.05, 0.1) is 0 Å². The second-order valence-electron chi connectivity index (χ2n) is 2.81. The summed E-state index contributed by atoms with van der Waals surface area (Å²) in [5.41, 5.74) is 0. The lowest BCUT2D eigenvalue weighted by molar-refractivity contribution is 0.196. The first kappa shape index (κ1) is 8.63. The van der Waals surface area contributed by atoms with E-state index in [-0.39, 0.29) is 23.3 Å². The lowest BCUT2D eigenvalue weighted by Gasteiger charge is -2.29. The molecule has 0 amide bonds. The third-order valence-corrected chi connectivity index (χ3v) is 3.18. The van der Waals surface area contributed by atoms with Crippen LogP contribution < -0.4 is 0 Å². The van der Waals surface area contributed by atoms with Crippen molar-refractivity contribution >= 4 is 23.2 Å². The number of rotatable bonds is 1. The molecule has 3 heteroatoms. The Morgan fingerprint density at radius 1 is 1.20 bits per heavy atom. The Labute approximate surface area is 71.3 Å². The summed E-state index contributed by atoms with van der Waals surface area (Å²) < 4.78 is 0. The Morgan fingerprint density at radius 3 is 2.00 bits per heavy atom. The van der Waals surface area contributed by atoms with E-state index in [9.17, 15) is 0 Å². The Morgan fingerprint density at radius 2 is 1.70 bits per heavy atom. The normalized spacial score (nSPS) is 41.7. The molecule has 1 aliphatic rings. The minimum absolute atomic E-state index is 0.0845. The van der Waals surface area contributed by atoms with Crippen LogP contribution in [0.4, 0.5) is 0 Å². The molecular weight excluding hydrogens is 171 g/mol. The number of alkyl halides is 2. The zero-order valence-corrected chi connectivity index (χ0v) is 7.28. The number of aliphatic hydroxyl groups excluding tert-OH is 1. The van der Waals surface area contributed by atoms with Gasteiger partial charge < -0.3 is 5.11 Å². The highest BCUT2D eigenvalue weighted by molar-refractivity contribution is 6.24. The lowest BCUT2D eigenvalue weighted by atomic mass is 9.89. The van der Waals surface area contributed by atoms with Crippen molar-refractivity contribution in [3.63, 3.8) is 0 Å². The third-order valence-electron chi connectivity index (χ3n) is 2.10. The minimum atomic E-state index is 0.0845. The van der Waals surface area contributed by atoms with E-state index in [2.05, 4.69) is 0 Å². The smallest absolute Gasteiger partial charge is 0.0487 e. The van der Waals surface area contributed by atoms with Crippen LogP contribution in [0.2, 0.25) is 0 Å². The van der Waals surface area contributed by atoms with Crippen LogP contribution in [0.15, 0.2) is 0 Å². The van der Waals surface area contributed by atoms with Gasteiger partial charge >= 0.3 is 0 Å². The molecule has 60 valence electrons. The Kier molecular flexibility index (Phi) is 3.28. The van der Waals surface area contributed by atoms with E-state index in [1.165, 1.54) is 0 Å². The molecule has 10 heavy (non-hydrogen) atoms. The first-order valence-electron chi connectivity index (χ1n) is 3.64. The molecule has 2 atom stereocenters. The second-order valence-corrected chi connectivity index (χ2v) is 3.93. The summed E-state index contributed by atoms with van der Waals surface area (Å²) in [5, 5.41) is 9.03. The Hall–Kier alpha value is 0.540. The van der Waals surface area contributed by atoms with Crippen LogP contribution in [0.1, 0.15) is 19.3 Å². The summed E-state index contributed by atoms with van der Waals surface area (Å²) >= 11 is 11.9. The van der Waals surface area contributed by atoms with Crippen LogP contribution >= 0.6 is 23.2 Å². The molecule has 0 aromatic rings. The quantitative estimate of drug-likeness (QED) is 0.616. The van der Waals surface area contributed by atoms with Crippen LogP contribution in [0.5, 0.6) is 0 Å². The standard InChI is InChI=1S/C7H12Cl2O/c8-6-2-1-3-7(9)5(6)4-10/h5-7,10H,1-4H2. The maximum absolute atomic E-state index is 8.86. The Balaban J connectivity index is 2.45. The third kappa shape index (κ3) is 1.77. The molecule has 1 fully saturated rings. The Bertz CT molecular complexity index is 97.8. The summed E-state index contributed by atoms with van der Waals surface area (Å²) in [4.78, 5) is 0. The summed E-state index contributed by atoms with van der Waals surface area (Å²) in [5.74, 6) is 0.108. The summed E-state index contributed by atoms with van der Waals surface area (Å²) in [6, 6.07) is 0. The zero-order chi connectivity index (χ0) is 7.56. The van der Waals surface area contributed by atoms with Crippen molar-refractivity contribution in [3.05, 3.63) is 0 Å². The van der Waals surface area contributed by atoms with E-state index >= 15 is 0 Å². The van der Waals surface area contributed by atoms with Crippen LogP contribution in [0.25, 0.3) is 0 Å². The highest BCUT2D eigenvalue weighted by atomic mass is 35.5. The largest absolute Gasteiger partial charge is 0.396 e. The molecule has 1 saturated carbocycles. The predicted molar refractivity (Wildman–Crippen MR) is 43.7 cm³/mol. The average molecular weight is 183 g/mol. The van der Waals surface area contributed by atoms with Gasteiger partial charge in [-0.15, -0.1) is 23.2 Å². The van der Waals surface area contributed by atoms with Crippen molar-refractivity contribution in [2.24, 2.45) is 5.92 Å². The van der Waals surface area contributed by atoms with Crippen molar-refractivity contribution in [1.29, 1.82) is 0 Å². The second kappa shape index (κ2) is 3.80. The van der Waals surface area contributed by atoms with Gasteiger partial charge in [0.25, 0.3) is 0 Å². The van der Waals surface area contributed by atoms with Gasteiger partial charge in [0.1, 0.15) is 0 Å². The molecular formula is C7H12Cl2O. The fraction of sp³-hybridized carbons (Fsp3) is 1.00. The monoisotopic (exact) mass is 182 g/mol. The van der Waals surface area contributed by atoms with E-state index in [1.807, 2.05) is 0 Å². The van der Waals surface area contributed by atoms with E-state index in [0.29, 0.717) is 0 Å². The SMILES string of the molecule is OCC1C(Cl)CCCC1Cl. The van der Waals surface area contributed by atoms with Gasteiger partial charge in [-0.1, -0.05) is 6.42 Å². The van der Waals surface area contributed by atoms with E-state index in [4.69, 9.17) is 28.3 Å². The van der Waals surface area contributed by atoms with Gasteiger partial charge in [-0.25, -0.2) is 0 Å². The highest BCUT2D eigenvalue weighted by Gasteiger charge is 2.29. The van der Waals surface area contributed by atoms with Crippen molar-refractivity contribution < 1.29 is 5.11 Å². The molecule has 1 rings (SSSR count). The summed E-state index contributed by atoms with van der Waals surface area (Å²) in [6.45, 7) is 0.127. The molecule has 0 saturated heterocycles. The summed E-state index contributed by atoms with van der Waals surface area (Å²) in [7, 11) is 0. The average Bonchev–Trinajstić information content (AvgIpc) is 1.88. The molecule has 1 nitrogen and oxygen atoms in total. The lowest BCUT2D eigenvalue weighted by Crippen LogP contribution is -2.32. The van der Waals surface area contributed by atoms with Gasteiger partial charge in [-0.05, 0) is 12.8 Å². The maximum Gasteiger partial charge on any atom is 0.0487 e. The fourth-order valence-electron chi connectivity index (χ4n) is 1.39. The first-order valence-corrected chi connectivity index (χ1v) is 4.52. The molecule has 0 aromatic heterocycles. The van der Waals surface area contributed by atoms with Crippen molar-refractivity contribution in [2.75, 3.05) is 6.61 Å². The molecule has 0 bridgehead atoms. The number of hydrogen-bond acceptors (Lipinski definition) is 1. The van der Waals surface area contributed by atoms with Gasteiger partial charge in [-0.3, -0.25) is 0 Å². The molecule has 0 aliphatic heterocycles. The first-order chi connectivity index (χ1) is 4.75. The van der Waals surface area contributed by atoms with Crippen LogP contribution in [0, 0.1) is 5.92 Å². The molecule has 0 radical (unpaired) electrons. The molecule has 1 aliphatic carbocycles. The van der Waals surface area contributed by atoms with Crippen LogP contribution in [-0.2, 0) is 0 Å². The van der Waals surface area contributed by atoms with Crippen molar-refractivity contribution in [2.45, 2.75) is 30.0 Å². The van der Waals surface area contributed by atoms with E-state index < -0.39 is 0 Å². The van der Waals surface area contributed by atoms with Crippen molar-refractivity contribution in [3.8, 4) is 0 Å². The molecule has 0 spiro atoms. The molecule has 0 heterocycles. The summed E-state index contributed by atoms with van der Waals surface area (Å²) in [6.07, 6.45) is 3.09. The fourth-order valence-corrected chi connectivity index (χ4v) is 2.29. The van der Waals surface area contributed by atoms with Gasteiger partial charge in [0.15, 0.2) is 0 Å². The minimum Gasteiger partial charge on any atom is -0.396 e. The number of hydrogen-bond donors (Lipinski definition) is 1. The van der Waals surface area contributed by atoms with Gasteiger partial charge in [0, 0.05) is 23.3 Å². The molecule has 1 N–H and O–H groups in total.